The zero-order valence-corrected chi connectivity index (χ0v) is 12.5. The average molecular weight is 308 g/mol. The average Bonchev–Trinajstić information content (AvgIpc) is 3.19. The zero-order chi connectivity index (χ0) is 14.7. The first kappa shape index (κ1) is 14.0. The minimum atomic E-state index is -0.0583. The zero-order valence-electron chi connectivity index (χ0n) is 11.7. The summed E-state index contributed by atoms with van der Waals surface area (Å²) < 4.78 is 14.4. The van der Waals surface area contributed by atoms with Crippen LogP contribution in [0.4, 0.5) is 5.13 Å². The maximum absolute atomic E-state index is 12.2. The first-order valence-corrected chi connectivity index (χ1v) is 7.44. The van der Waals surface area contributed by atoms with E-state index in [2.05, 4.69) is 14.3 Å². The number of methoxy groups -OCH3 is 1. The van der Waals surface area contributed by atoms with Gasteiger partial charge in [0.25, 0.3) is 5.91 Å². The van der Waals surface area contributed by atoms with E-state index in [-0.39, 0.29) is 5.91 Å². The van der Waals surface area contributed by atoms with Gasteiger partial charge in [0, 0.05) is 44.8 Å². The molecule has 1 saturated heterocycles. The molecule has 0 aliphatic carbocycles. The summed E-state index contributed by atoms with van der Waals surface area (Å²) in [6, 6.07) is 3.42. The quantitative estimate of drug-likeness (QED) is 0.846. The van der Waals surface area contributed by atoms with E-state index in [1.165, 1.54) is 17.8 Å². The minimum Gasteiger partial charge on any atom is -0.459 e. The Morgan fingerprint density at radius 2 is 2.24 bits per heavy atom. The van der Waals surface area contributed by atoms with Crippen molar-refractivity contribution < 1.29 is 13.9 Å². The molecular formula is C13H16N4O3S. The molecule has 3 rings (SSSR count). The van der Waals surface area contributed by atoms with Gasteiger partial charge in [-0.25, -0.2) is 4.98 Å². The standard InChI is InChI=1S/C13H16N4O3S/c1-19-9-11-14-13(21-15-11)17-6-4-16(5-7-17)12(18)10-3-2-8-20-10/h2-3,8H,4-7,9H2,1H3. The molecule has 0 radical (unpaired) electrons. The highest BCUT2D eigenvalue weighted by atomic mass is 32.1. The topological polar surface area (TPSA) is 71.7 Å². The fraction of sp³-hybridized carbons (Fsp3) is 0.462. The Balaban J connectivity index is 1.58. The van der Waals surface area contributed by atoms with Crippen LogP contribution in [0.15, 0.2) is 22.8 Å². The Morgan fingerprint density at radius 3 is 2.90 bits per heavy atom. The number of furan rings is 1. The van der Waals surface area contributed by atoms with Gasteiger partial charge in [-0.05, 0) is 12.1 Å². The van der Waals surface area contributed by atoms with Crippen LogP contribution in [0.3, 0.4) is 0 Å². The molecule has 21 heavy (non-hydrogen) atoms. The Kier molecular flexibility index (Phi) is 4.16. The van der Waals surface area contributed by atoms with Gasteiger partial charge in [0.1, 0.15) is 6.61 Å². The number of carbonyl (C=O) groups is 1. The van der Waals surface area contributed by atoms with Crippen LogP contribution < -0.4 is 4.90 Å². The molecule has 0 spiro atoms. The Labute approximate surface area is 126 Å². The Morgan fingerprint density at radius 1 is 1.43 bits per heavy atom. The van der Waals surface area contributed by atoms with Crippen molar-refractivity contribution in [1.82, 2.24) is 14.3 Å². The van der Waals surface area contributed by atoms with Crippen LogP contribution in [0.2, 0.25) is 0 Å². The number of amides is 1. The lowest BCUT2D eigenvalue weighted by Gasteiger charge is -2.33. The van der Waals surface area contributed by atoms with E-state index in [0.29, 0.717) is 31.3 Å². The van der Waals surface area contributed by atoms with Gasteiger partial charge in [-0.1, -0.05) is 0 Å². The van der Waals surface area contributed by atoms with Crippen molar-refractivity contribution in [2.45, 2.75) is 6.61 Å². The number of piperazine rings is 1. The van der Waals surface area contributed by atoms with Gasteiger partial charge in [0.15, 0.2) is 11.6 Å². The Hall–Kier alpha value is -1.93. The van der Waals surface area contributed by atoms with Crippen molar-refractivity contribution in [2.75, 3.05) is 38.2 Å². The third-order valence-electron chi connectivity index (χ3n) is 3.30. The maximum atomic E-state index is 12.2. The molecule has 0 atom stereocenters. The van der Waals surface area contributed by atoms with E-state index >= 15 is 0 Å². The monoisotopic (exact) mass is 308 g/mol. The van der Waals surface area contributed by atoms with E-state index < -0.39 is 0 Å². The number of ether oxygens (including phenoxy) is 1. The molecule has 0 unspecified atom stereocenters. The van der Waals surface area contributed by atoms with Gasteiger partial charge in [0.2, 0.25) is 5.13 Å². The Bertz CT molecular complexity index is 590. The van der Waals surface area contributed by atoms with Crippen molar-refractivity contribution in [3.8, 4) is 0 Å². The molecule has 0 N–H and O–H groups in total. The van der Waals surface area contributed by atoms with E-state index in [1.807, 2.05) is 0 Å². The lowest BCUT2D eigenvalue weighted by Crippen LogP contribution is -2.48. The molecule has 2 aromatic rings. The molecule has 2 aromatic heterocycles. The molecule has 1 aliphatic rings. The van der Waals surface area contributed by atoms with Gasteiger partial charge in [-0.3, -0.25) is 4.79 Å². The first-order valence-electron chi connectivity index (χ1n) is 6.67. The van der Waals surface area contributed by atoms with Crippen LogP contribution in [0, 0.1) is 0 Å². The van der Waals surface area contributed by atoms with Crippen molar-refractivity contribution in [2.24, 2.45) is 0 Å². The SMILES string of the molecule is COCc1nsc(N2CCN(C(=O)c3ccco3)CC2)n1. The molecule has 7 nitrogen and oxygen atoms in total. The number of carbonyl (C=O) groups excluding carboxylic acids is 1. The van der Waals surface area contributed by atoms with E-state index in [0.717, 1.165) is 18.2 Å². The number of nitrogens with zero attached hydrogens (tertiary/aromatic N) is 4. The van der Waals surface area contributed by atoms with Crippen LogP contribution in [0.1, 0.15) is 16.4 Å². The highest BCUT2D eigenvalue weighted by Gasteiger charge is 2.25. The summed E-state index contributed by atoms with van der Waals surface area (Å²) in [7, 11) is 1.62. The highest BCUT2D eigenvalue weighted by molar-refractivity contribution is 7.09. The molecule has 112 valence electrons. The number of aromatic nitrogens is 2. The van der Waals surface area contributed by atoms with Crippen molar-refractivity contribution >= 4 is 22.6 Å². The second kappa shape index (κ2) is 6.23. The first-order chi connectivity index (χ1) is 10.3. The number of anilines is 1. The van der Waals surface area contributed by atoms with Crippen LogP contribution in [0.25, 0.3) is 0 Å². The lowest BCUT2D eigenvalue weighted by atomic mass is 10.3. The predicted molar refractivity (Wildman–Crippen MR) is 77.4 cm³/mol. The van der Waals surface area contributed by atoms with Gasteiger partial charge < -0.3 is 19.0 Å². The summed E-state index contributed by atoms with van der Waals surface area (Å²) in [6.07, 6.45) is 1.52. The lowest BCUT2D eigenvalue weighted by molar-refractivity contribution is 0.0714. The molecular weight excluding hydrogens is 292 g/mol. The van der Waals surface area contributed by atoms with Crippen molar-refractivity contribution in [3.05, 3.63) is 30.0 Å². The van der Waals surface area contributed by atoms with Gasteiger partial charge in [-0.15, -0.1) is 0 Å². The summed E-state index contributed by atoms with van der Waals surface area (Å²) in [6.45, 7) is 3.22. The van der Waals surface area contributed by atoms with Crippen LogP contribution in [-0.2, 0) is 11.3 Å². The van der Waals surface area contributed by atoms with E-state index in [9.17, 15) is 4.79 Å². The van der Waals surface area contributed by atoms with Gasteiger partial charge >= 0.3 is 0 Å². The summed E-state index contributed by atoms with van der Waals surface area (Å²) in [4.78, 5) is 20.5. The van der Waals surface area contributed by atoms with Crippen LogP contribution in [0.5, 0.6) is 0 Å². The van der Waals surface area contributed by atoms with Gasteiger partial charge in [0.05, 0.1) is 6.26 Å². The largest absolute Gasteiger partial charge is 0.459 e. The molecule has 0 aromatic carbocycles. The van der Waals surface area contributed by atoms with Gasteiger partial charge in [-0.2, -0.15) is 4.37 Å². The molecule has 8 heteroatoms. The number of rotatable bonds is 4. The fourth-order valence-corrected chi connectivity index (χ4v) is 2.94. The number of hydrogen-bond donors (Lipinski definition) is 0. The highest BCUT2D eigenvalue weighted by Crippen LogP contribution is 2.20. The number of hydrogen-bond acceptors (Lipinski definition) is 7. The summed E-state index contributed by atoms with van der Waals surface area (Å²) in [5.74, 6) is 1.03. The second-order valence-electron chi connectivity index (χ2n) is 4.68. The normalized spacial score (nSPS) is 15.5. The summed E-state index contributed by atoms with van der Waals surface area (Å²) >= 11 is 1.37. The molecule has 0 bridgehead atoms. The van der Waals surface area contributed by atoms with E-state index in [1.54, 1.807) is 24.1 Å². The third-order valence-corrected chi connectivity index (χ3v) is 4.11. The maximum Gasteiger partial charge on any atom is 0.289 e. The second-order valence-corrected chi connectivity index (χ2v) is 5.41. The summed E-state index contributed by atoms with van der Waals surface area (Å²) in [5, 5.41) is 0.882. The smallest absolute Gasteiger partial charge is 0.289 e. The predicted octanol–water partition coefficient (Wildman–Crippen LogP) is 1.24. The van der Waals surface area contributed by atoms with Crippen molar-refractivity contribution in [3.63, 3.8) is 0 Å². The van der Waals surface area contributed by atoms with Crippen LogP contribution >= 0.6 is 11.5 Å². The fourth-order valence-electron chi connectivity index (χ4n) is 2.22. The van der Waals surface area contributed by atoms with Crippen LogP contribution in [-0.4, -0.2) is 53.5 Å². The molecule has 3 heterocycles. The van der Waals surface area contributed by atoms with E-state index in [4.69, 9.17) is 9.15 Å². The summed E-state index contributed by atoms with van der Waals surface area (Å²) in [5.41, 5.74) is 0. The molecule has 1 aliphatic heterocycles. The molecule has 0 saturated carbocycles. The third kappa shape index (κ3) is 3.06. The van der Waals surface area contributed by atoms with Crippen molar-refractivity contribution in [1.29, 1.82) is 0 Å². The molecule has 1 amide bonds. The minimum absolute atomic E-state index is 0.0583. The molecule has 1 fully saturated rings.